The van der Waals surface area contributed by atoms with Gasteiger partial charge in [-0.05, 0) is 50.1 Å². The van der Waals surface area contributed by atoms with Crippen LogP contribution in [0.3, 0.4) is 0 Å². The Labute approximate surface area is 184 Å². The molecule has 9 nitrogen and oxygen atoms in total. The second-order valence-electron chi connectivity index (χ2n) is 8.29. The number of benzene rings is 2. The van der Waals surface area contributed by atoms with E-state index in [1.807, 2.05) is 30.0 Å². The highest BCUT2D eigenvalue weighted by Crippen LogP contribution is 2.25. The van der Waals surface area contributed by atoms with Gasteiger partial charge in [-0.15, -0.1) is 0 Å². The maximum Gasteiger partial charge on any atom is 0.271 e. The van der Waals surface area contributed by atoms with Crippen LogP contribution in [0.2, 0.25) is 0 Å². The largest absolute Gasteiger partial charge is 0.358 e. The molecule has 3 heterocycles. The number of carbonyl (C=O) groups is 1. The van der Waals surface area contributed by atoms with Gasteiger partial charge in [-0.25, -0.2) is 4.98 Å². The van der Waals surface area contributed by atoms with Crippen LogP contribution in [-0.2, 0) is 0 Å². The number of anilines is 1. The molecule has 0 saturated carbocycles. The molecule has 1 amide bonds. The molecule has 9 heteroatoms. The number of carbonyl (C=O) groups excluding carboxylic acids is 1. The number of amides is 1. The van der Waals surface area contributed by atoms with E-state index in [0.717, 1.165) is 29.6 Å². The number of rotatable bonds is 3. The maximum atomic E-state index is 13.2. The molecule has 4 aromatic rings. The third-order valence-electron chi connectivity index (χ3n) is 6.30. The minimum atomic E-state index is -0.414. The molecule has 2 aromatic carbocycles. The van der Waals surface area contributed by atoms with Crippen molar-refractivity contribution in [1.29, 1.82) is 0 Å². The van der Waals surface area contributed by atoms with Gasteiger partial charge in [-0.2, -0.15) is 0 Å². The number of nitrogens with zero attached hydrogens (tertiary/aromatic N) is 4. The van der Waals surface area contributed by atoms with E-state index in [2.05, 4.69) is 26.8 Å². The van der Waals surface area contributed by atoms with Crippen molar-refractivity contribution < 1.29 is 9.72 Å². The number of fused-ring (bicyclic) bond motifs is 2. The standard InChI is InChI=1S/C23H24N6O3/c1-14-15(2)24-19-6-4-16(12-18(14)19)22(30)27-8-3-9-28(11-10-27)23-25-20-7-5-17(29(31)32)13-21(20)26-23/h4-7,12-13,24H,3,8-11H2,1-2H3,(H,25,26). The molecule has 1 fully saturated rings. The lowest BCUT2D eigenvalue weighted by Crippen LogP contribution is -2.35. The number of nitro groups is 1. The van der Waals surface area contributed by atoms with E-state index >= 15 is 0 Å². The van der Waals surface area contributed by atoms with Crippen LogP contribution in [0.15, 0.2) is 36.4 Å². The molecule has 0 radical (unpaired) electrons. The molecule has 1 aliphatic rings. The molecule has 1 aliphatic heterocycles. The van der Waals surface area contributed by atoms with Crippen molar-refractivity contribution in [3.63, 3.8) is 0 Å². The lowest BCUT2D eigenvalue weighted by molar-refractivity contribution is -0.384. The Morgan fingerprint density at radius 2 is 1.88 bits per heavy atom. The fourth-order valence-corrected chi connectivity index (χ4v) is 4.36. The van der Waals surface area contributed by atoms with Gasteiger partial charge in [-0.1, -0.05) is 0 Å². The number of aromatic nitrogens is 3. The summed E-state index contributed by atoms with van der Waals surface area (Å²) in [5, 5.41) is 12.1. The Morgan fingerprint density at radius 3 is 2.69 bits per heavy atom. The molecule has 2 N–H and O–H groups in total. The molecule has 5 rings (SSSR count). The van der Waals surface area contributed by atoms with Gasteiger partial charge in [0.2, 0.25) is 5.95 Å². The zero-order valence-corrected chi connectivity index (χ0v) is 18.0. The number of non-ortho nitro benzene ring substituents is 1. The Balaban J connectivity index is 1.34. The highest BCUT2D eigenvalue weighted by molar-refractivity contribution is 5.99. The smallest absolute Gasteiger partial charge is 0.271 e. The highest BCUT2D eigenvalue weighted by Gasteiger charge is 2.23. The third-order valence-corrected chi connectivity index (χ3v) is 6.30. The number of H-pyrrole nitrogens is 2. The lowest BCUT2D eigenvalue weighted by atomic mass is 10.1. The second-order valence-corrected chi connectivity index (χ2v) is 8.29. The van der Waals surface area contributed by atoms with Crippen LogP contribution in [0, 0.1) is 24.0 Å². The van der Waals surface area contributed by atoms with E-state index in [1.54, 1.807) is 6.07 Å². The number of hydrogen-bond donors (Lipinski definition) is 2. The SMILES string of the molecule is Cc1[nH]c2ccc(C(=O)N3CCCN(c4nc5ccc([N+](=O)[O-])cc5[nH]4)CC3)cc2c1C. The Morgan fingerprint density at radius 1 is 1.03 bits per heavy atom. The first-order chi connectivity index (χ1) is 15.4. The van der Waals surface area contributed by atoms with Crippen LogP contribution >= 0.6 is 0 Å². The third kappa shape index (κ3) is 3.45. The average molecular weight is 432 g/mol. The fraction of sp³-hybridized carbons (Fsp3) is 0.304. The number of aryl methyl sites for hydroxylation is 2. The van der Waals surface area contributed by atoms with Crippen LogP contribution in [0.25, 0.3) is 21.9 Å². The molecular weight excluding hydrogens is 408 g/mol. The normalized spacial score (nSPS) is 14.8. The van der Waals surface area contributed by atoms with Crippen LogP contribution in [0.4, 0.5) is 11.6 Å². The second kappa shape index (κ2) is 7.67. The Bertz CT molecular complexity index is 1350. The number of hydrogen-bond acceptors (Lipinski definition) is 5. The molecule has 1 saturated heterocycles. The van der Waals surface area contributed by atoms with Gasteiger partial charge < -0.3 is 19.8 Å². The van der Waals surface area contributed by atoms with E-state index in [1.165, 1.54) is 17.7 Å². The number of aromatic amines is 2. The average Bonchev–Trinajstić information content (AvgIpc) is 3.22. The van der Waals surface area contributed by atoms with Gasteiger partial charge in [0.15, 0.2) is 0 Å². The first kappa shape index (κ1) is 20.0. The summed E-state index contributed by atoms with van der Waals surface area (Å²) in [7, 11) is 0. The van der Waals surface area contributed by atoms with Gasteiger partial charge in [-0.3, -0.25) is 14.9 Å². The molecule has 164 valence electrons. The van der Waals surface area contributed by atoms with Crippen LogP contribution in [-0.4, -0.2) is 56.9 Å². The van der Waals surface area contributed by atoms with E-state index in [0.29, 0.717) is 42.2 Å². The number of nitro benzene ring substituents is 1. The van der Waals surface area contributed by atoms with Crippen molar-refractivity contribution in [1.82, 2.24) is 19.9 Å². The van der Waals surface area contributed by atoms with Crippen LogP contribution in [0.1, 0.15) is 28.0 Å². The van der Waals surface area contributed by atoms with E-state index in [-0.39, 0.29) is 11.6 Å². The minimum Gasteiger partial charge on any atom is -0.358 e. The summed E-state index contributed by atoms with van der Waals surface area (Å²) in [5.74, 6) is 0.710. The van der Waals surface area contributed by atoms with E-state index in [9.17, 15) is 14.9 Å². The molecule has 0 atom stereocenters. The first-order valence-corrected chi connectivity index (χ1v) is 10.7. The molecular formula is C23H24N6O3. The van der Waals surface area contributed by atoms with Crippen LogP contribution in [0.5, 0.6) is 0 Å². The van der Waals surface area contributed by atoms with Crippen molar-refractivity contribution >= 4 is 39.5 Å². The molecule has 0 spiro atoms. The summed E-state index contributed by atoms with van der Waals surface area (Å²) < 4.78 is 0. The summed E-state index contributed by atoms with van der Waals surface area (Å²) >= 11 is 0. The van der Waals surface area contributed by atoms with Crippen molar-refractivity contribution in [3.05, 3.63) is 63.3 Å². The Kier molecular flexibility index (Phi) is 4.80. The summed E-state index contributed by atoms with van der Waals surface area (Å²) in [6.45, 7) is 6.74. The van der Waals surface area contributed by atoms with Gasteiger partial charge in [0.25, 0.3) is 11.6 Å². The zero-order valence-electron chi connectivity index (χ0n) is 18.0. The molecule has 0 bridgehead atoms. The van der Waals surface area contributed by atoms with E-state index < -0.39 is 4.92 Å². The summed E-state index contributed by atoms with van der Waals surface area (Å²) in [4.78, 5) is 39.0. The summed E-state index contributed by atoms with van der Waals surface area (Å²) in [6, 6.07) is 10.4. The zero-order chi connectivity index (χ0) is 22.4. The van der Waals surface area contributed by atoms with Crippen molar-refractivity contribution in [2.75, 3.05) is 31.1 Å². The predicted molar refractivity (Wildman–Crippen MR) is 123 cm³/mol. The fourth-order valence-electron chi connectivity index (χ4n) is 4.36. The minimum absolute atomic E-state index is 0.0326. The maximum absolute atomic E-state index is 13.2. The monoisotopic (exact) mass is 432 g/mol. The molecule has 32 heavy (non-hydrogen) atoms. The molecule has 0 aliphatic carbocycles. The van der Waals surface area contributed by atoms with Crippen LogP contribution < -0.4 is 4.90 Å². The van der Waals surface area contributed by atoms with Gasteiger partial charge in [0, 0.05) is 60.5 Å². The summed E-state index contributed by atoms with van der Waals surface area (Å²) in [5.41, 5.74) is 5.39. The van der Waals surface area contributed by atoms with Gasteiger partial charge in [0.05, 0.1) is 16.0 Å². The molecule has 2 aromatic heterocycles. The lowest BCUT2D eigenvalue weighted by Gasteiger charge is -2.22. The van der Waals surface area contributed by atoms with Crippen molar-refractivity contribution in [3.8, 4) is 0 Å². The Hall–Kier alpha value is -3.88. The highest BCUT2D eigenvalue weighted by atomic mass is 16.6. The van der Waals surface area contributed by atoms with Gasteiger partial charge >= 0.3 is 0 Å². The van der Waals surface area contributed by atoms with Crippen molar-refractivity contribution in [2.45, 2.75) is 20.3 Å². The quantitative estimate of drug-likeness (QED) is 0.376. The van der Waals surface area contributed by atoms with Gasteiger partial charge in [0.1, 0.15) is 0 Å². The summed E-state index contributed by atoms with van der Waals surface area (Å²) in [6.07, 6.45) is 0.813. The first-order valence-electron chi connectivity index (χ1n) is 10.7. The van der Waals surface area contributed by atoms with Crippen molar-refractivity contribution in [2.24, 2.45) is 0 Å². The number of imidazole rings is 1. The molecule has 0 unspecified atom stereocenters. The van der Waals surface area contributed by atoms with E-state index in [4.69, 9.17) is 0 Å². The number of nitrogens with one attached hydrogen (secondary N) is 2. The predicted octanol–water partition coefficient (Wildman–Crippen LogP) is 3.92. The topological polar surface area (TPSA) is 111 Å².